The Bertz CT molecular complexity index is 669. The molecule has 1 atom stereocenters. The van der Waals surface area contributed by atoms with Crippen LogP contribution in [0.3, 0.4) is 0 Å². The summed E-state index contributed by atoms with van der Waals surface area (Å²) >= 11 is 0. The lowest BCUT2D eigenvalue weighted by atomic mass is 9.93. The summed E-state index contributed by atoms with van der Waals surface area (Å²) in [6.45, 7) is 2.83. The van der Waals surface area contributed by atoms with E-state index in [1.54, 1.807) is 0 Å². The van der Waals surface area contributed by atoms with Crippen molar-refractivity contribution in [2.24, 2.45) is 0 Å². The second-order valence-electron chi connectivity index (χ2n) is 5.84. The largest absolute Gasteiger partial charge is 0.384 e. The van der Waals surface area contributed by atoms with Gasteiger partial charge in [-0.3, -0.25) is 4.79 Å². The van der Waals surface area contributed by atoms with E-state index in [1.807, 2.05) is 54.4 Å². The molecular formula is C18H21N3O. The van der Waals surface area contributed by atoms with Crippen LogP contribution in [0.15, 0.2) is 42.6 Å². The van der Waals surface area contributed by atoms with Crippen LogP contribution in [0.1, 0.15) is 46.8 Å². The van der Waals surface area contributed by atoms with Gasteiger partial charge in [-0.15, -0.1) is 0 Å². The number of carbonyl (C=O) groups excluding carboxylic acids is 1. The minimum absolute atomic E-state index is 0.0922. The van der Waals surface area contributed by atoms with Gasteiger partial charge in [0.2, 0.25) is 0 Å². The molecule has 2 heterocycles. The Kier molecular flexibility index (Phi) is 4.09. The van der Waals surface area contributed by atoms with E-state index in [4.69, 9.17) is 5.73 Å². The van der Waals surface area contributed by atoms with E-state index in [2.05, 4.69) is 4.98 Å². The normalized spacial score (nSPS) is 18.2. The third kappa shape index (κ3) is 2.82. The van der Waals surface area contributed by atoms with Gasteiger partial charge in [-0.2, -0.15) is 0 Å². The van der Waals surface area contributed by atoms with Crippen LogP contribution < -0.4 is 5.73 Å². The molecule has 0 bridgehead atoms. The Labute approximate surface area is 131 Å². The topological polar surface area (TPSA) is 59.2 Å². The maximum absolute atomic E-state index is 12.8. The number of aryl methyl sites for hydroxylation is 1. The Morgan fingerprint density at radius 1 is 1.27 bits per heavy atom. The van der Waals surface area contributed by atoms with E-state index < -0.39 is 0 Å². The molecule has 1 amide bonds. The molecule has 1 aliphatic rings. The molecule has 0 saturated carbocycles. The smallest absolute Gasteiger partial charge is 0.254 e. The number of amides is 1. The summed E-state index contributed by atoms with van der Waals surface area (Å²) in [4.78, 5) is 19.0. The number of hydrogen-bond donors (Lipinski definition) is 1. The molecule has 1 saturated heterocycles. The number of nitrogen functional groups attached to an aromatic ring is 1. The molecule has 22 heavy (non-hydrogen) atoms. The second kappa shape index (κ2) is 6.18. The van der Waals surface area contributed by atoms with Crippen molar-refractivity contribution in [3.05, 3.63) is 59.3 Å². The van der Waals surface area contributed by atoms with Crippen LogP contribution >= 0.6 is 0 Å². The molecule has 1 aromatic carbocycles. The first-order chi connectivity index (χ1) is 10.7. The highest BCUT2D eigenvalue weighted by atomic mass is 16.2. The summed E-state index contributed by atoms with van der Waals surface area (Å²) in [6, 6.07) is 11.5. The number of benzene rings is 1. The lowest BCUT2D eigenvalue weighted by Gasteiger charge is -2.36. The number of aromatic nitrogens is 1. The van der Waals surface area contributed by atoms with Gasteiger partial charge in [0.05, 0.1) is 6.04 Å². The van der Waals surface area contributed by atoms with E-state index in [1.165, 1.54) is 0 Å². The highest BCUT2D eigenvalue weighted by molar-refractivity contribution is 5.94. The van der Waals surface area contributed by atoms with Gasteiger partial charge in [0.1, 0.15) is 5.82 Å². The lowest BCUT2D eigenvalue weighted by molar-refractivity contribution is 0.0610. The first-order valence-corrected chi connectivity index (χ1v) is 7.75. The summed E-state index contributed by atoms with van der Waals surface area (Å²) in [5, 5.41) is 0. The number of rotatable bonds is 2. The van der Waals surface area contributed by atoms with E-state index in [0.717, 1.165) is 42.5 Å². The van der Waals surface area contributed by atoms with Gasteiger partial charge in [0, 0.05) is 18.3 Å². The minimum Gasteiger partial charge on any atom is -0.384 e. The predicted octanol–water partition coefficient (Wildman–Crippen LogP) is 3.34. The fourth-order valence-electron chi connectivity index (χ4n) is 3.18. The fraction of sp³-hybridized carbons (Fsp3) is 0.333. The van der Waals surface area contributed by atoms with Crippen LogP contribution in [0.4, 0.5) is 5.82 Å². The number of carbonyl (C=O) groups is 1. The zero-order valence-corrected chi connectivity index (χ0v) is 12.8. The molecule has 4 nitrogen and oxygen atoms in total. The Hall–Kier alpha value is -2.36. The van der Waals surface area contributed by atoms with Gasteiger partial charge in [-0.05, 0) is 55.5 Å². The van der Waals surface area contributed by atoms with Crippen LogP contribution in [0, 0.1) is 6.92 Å². The third-order valence-electron chi connectivity index (χ3n) is 4.32. The van der Waals surface area contributed by atoms with E-state index in [9.17, 15) is 4.79 Å². The summed E-state index contributed by atoms with van der Waals surface area (Å²) in [5.74, 6) is 0.625. The molecule has 0 radical (unpaired) electrons. The molecule has 3 rings (SSSR count). The lowest BCUT2D eigenvalue weighted by Crippen LogP contribution is -2.38. The first kappa shape index (κ1) is 14.6. The van der Waals surface area contributed by atoms with Gasteiger partial charge in [0.25, 0.3) is 5.91 Å². The van der Waals surface area contributed by atoms with Crippen LogP contribution in [0.25, 0.3) is 0 Å². The molecule has 0 unspecified atom stereocenters. The van der Waals surface area contributed by atoms with Gasteiger partial charge < -0.3 is 10.6 Å². The average molecular weight is 295 g/mol. The monoisotopic (exact) mass is 295 g/mol. The summed E-state index contributed by atoms with van der Waals surface area (Å²) in [5.41, 5.74) is 8.71. The number of piperidine rings is 1. The van der Waals surface area contributed by atoms with E-state index >= 15 is 0 Å². The third-order valence-corrected chi connectivity index (χ3v) is 4.32. The summed E-state index contributed by atoms with van der Waals surface area (Å²) in [6.07, 6.45) is 4.99. The Morgan fingerprint density at radius 2 is 2.05 bits per heavy atom. The Balaban J connectivity index is 1.93. The number of likely N-dealkylation sites (tertiary alicyclic amines) is 1. The number of hydrogen-bond acceptors (Lipinski definition) is 3. The fourth-order valence-corrected chi connectivity index (χ4v) is 3.18. The Morgan fingerprint density at radius 3 is 2.77 bits per heavy atom. The first-order valence-electron chi connectivity index (χ1n) is 7.75. The highest BCUT2D eigenvalue weighted by Crippen LogP contribution is 2.33. The van der Waals surface area contributed by atoms with Crippen molar-refractivity contribution >= 4 is 11.7 Å². The SMILES string of the molecule is Cc1cc(N)ncc1[C@@H]1CCCCN1C(=O)c1ccccc1. The average Bonchev–Trinajstić information content (AvgIpc) is 2.55. The van der Waals surface area contributed by atoms with Gasteiger partial charge >= 0.3 is 0 Å². The molecule has 114 valence electrons. The molecule has 2 aromatic rings. The van der Waals surface area contributed by atoms with Crippen molar-refractivity contribution in [3.8, 4) is 0 Å². The van der Waals surface area contributed by atoms with Crippen molar-refractivity contribution in [1.82, 2.24) is 9.88 Å². The predicted molar refractivity (Wildman–Crippen MR) is 87.5 cm³/mol. The maximum atomic E-state index is 12.8. The van der Waals surface area contributed by atoms with Crippen LogP contribution in [-0.2, 0) is 0 Å². The molecule has 1 aromatic heterocycles. The molecule has 1 aliphatic heterocycles. The van der Waals surface area contributed by atoms with Gasteiger partial charge in [-0.25, -0.2) is 4.98 Å². The zero-order valence-electron chi connectivity index (χ0n) is 12.8. The van der Waals surface area contributed by atoms with Gasteiger partial charge in [-0.1, -0.05) is 18.2 Å². The van der Waals surface area contributed by atoms with Crippen LogP contribution in [-0.4, -0.2) is 22.3 Å². The van der Waals surface area contributed by atoms with E-state index in [0.29, 0.717) is 5.82 Å². The van der Waals surface area contributed by atoms with Crippen molar-refractivity contribution in [1.29, 1.82) is 0 Å². The molecule has 0 spiro atoms. The number of nitrogens with zero attached hydrogens (tertiary/aromatic N) is 2. The summed E-state index contributed by atoms with van der Waals surface area (Å²) < 4.78 is 0. The number of nitrogens with two attached hydrogens (primary N) is 1. The van der Waals surface area contributed by atoms with E-state index in [-0.39, 0.29) is 11.9 Å². The number of pyridine rings is 1. The molecule has 4 heteroatoms. The molecule has 0 aliphatic carbocycles. The van der Waals surface area contributed by atoms with Crippen LogP contribution in [0.2, 0.25) is 0 Å². The van der Waals surface area contributed by atoms with Crippen molar-refractivity contribution in [3.63, 3.8) is 0 Å². The molecular weight excluding hydrogens is 274 g/mol. The quantitative estimate of drug-likeness (QED) is 0.924. The number of anilines is 1. The van der Waals surface area contributed by atoms with Gasteiger partial charge in [0.15, 0.2) is 0 Å². The van der Waals surface area contributed by atoms with Crippen molar-refractivity contribution < 1.29 is 4.79 Å². The zero-order chi connectivity index (χ0) is 15.5. The highest BCUT2D eigenvalue weighted by Gasteiger charge is 2.29. The standard InChI is InChI=1S/C18H21N3O/c1-13-11-17(19)20-12-15(13)16-9-5-6-10-21(16)18(22)14-7-3-2-4-8-14/h2-4,7-8,11-12,16H,5-6,9-10H2,1H3,(H2,19,20)/t16-/m0/s1. The molecule has 2 N–H and O–H groups in total. The van der Waals surface area contributed by atoms with Crippen LogP contribution in [0.5, 0.6) is 0 Å². The minimum atomic E-state index is 0.0922. The molecule has 1 fully saturated rings. The van der Waals surface area contributed by atoms with Crippen molar-refractivity contribution in [2.45, 2.75) is 32.2 Å². The summed E-state index contributed by atoms with van der Waals surface area (Å²) in [7, 11) is 0. The second-order valence-corrected chi connectivity index (χ2v) is 5.84. The maximum Gasteiger partial charge on any atom is 0.254 e. The van der Waals surface area contributed by atoms with Crippen molar-refractivity contribution in [2.75, 3.05) is 12.3 Å².